The minimum atomic E-state index is -0.602. The summed E-state index contributed by atoms with van der Waals surface area (Å²) in [6.45, 7) is 0.163. The van der Waals surface area contributed by atoms with Crippen LogP contribution in [0.15, 0.2) is 72.3 Å². The van der Waals surface area contributed by atoms with E-state index in [1.54, 1.807) is 54.6 Å². The number of carbonyl (C=O) groups is 1. The van der Waals surface area contributed by atoms with Gasteiger partial charge in [-0.1, -0.05) is 41.4 Å². The van der Waals surface area contributed by atoms with Crippen LogP contribution in [0.4, 0.5) is 11.4 Å². The van der Waals surface area contributed by atoms with Crippen molar-refractivity contribution in [3.8, 4) is 11.8 Å². The van der Waals surface area contributed by atoms with E-state index in [0.29, 0.717) is 22.0 Å². The van der Waals surface area contributed by atoms with Gasteiger partial charge in [0.15, 0.2) is 0 Å². The van der Waals surface area contributed by atoms with Crippen molar-refractivity contribution in [3.63, 3.8) is 0 Å². The Hall–Kier alpha value is -3.86. The minimum absolute atomic E-state index is 0.00482. The number of halogens is 2. The lowest BCUT2D eigenvalue weighted by atomic mass is 10.1. The van der Waals surface area contributed by atoms with Crippen molar-refractivity contribution >= 4 is 46.6 Å². The molecule has 0 atom stereocenters. The molecule has 0 fully saturated rings. The highest BCUT2D eigenvalue weighted by atomic mass is 35.5. The van der Waals surface area contributed by atoms with Crippen LogP contribution in [-0.4, -0.2) is 10.8 Å². The van der Waals surface area contributed by atoms with E-state index in [1.165, 1.54) is 18.2 Å². The van der Waals surface area contributed by atoms with Crippen LogP contribution in [0.2, 0.25) is 10.0 Å². The predicted molar refractivity (Wildman–Crippen MR) is 123 cm³/mol. The van der Waals surface area contributed by atoms with E-state index >= 15 is 0 Å². The molecular weight excluding hydrogens is 453 g/mol. The second-order valence-electron chi connectivity index (χ2n) is 6.51. The molecule has 1 amide bonds. The number of hydrogen-bond donors (Lipinski definition) is 1. The topological polar surface area (TPSA) is 105 Å². The summed E-state index contributed by atoms with van der Waals surface area (Å²) in [5, 5.41) is 23.3. The Bertz CT molecular complexity index is 1230. The number of nitrogens with zero attached hydrogens (tertiary/aromatic N) is 2. The predicted octanol–water partition coefficient (Wildman–Crippen LogP) is 6.03. The Morgan fingerprint density at radius 2 is 1.81 bits per heavy atom. The minimum Gasteiger partial charge on any atom is -0.487 e. The molecule has 3 aromatic rings. The molecule has 0 aromatic heterocycles. The number of anilines is 1. The molecule has 0 heterocycles. The number of para-hydroxylation sites is 1. The van der Waals surface area contributed by atoms with Crippen LogP contribution in [0.25, 0.3) is 6.08 Å². The zero-order valence-electron chi connectivity index (χ0n) is 16.4. The first-order chi connectivity index (χ1) is 15.4. The molecule has 0 radical (unpaired) electrons. The van der Waals surface area contributed by atoms with E-state index in [2.05, 4.69) is 5.32 Å². The molecule has 3 rings (SSSR count). The number of amides is 1. The number of nitriles is 1. The summed E-state index contributed by atoms with van der Waals surface area (Å²) >= 11 is 12.3. The summed E-state index contributed by atoms with van der Waals surface area (Å²) in [5.74, 6) is -0.212. The van der Waals surface area contributed by atoms with E-state index < -0.39 is 10.8 Å². The molecule has 7 nitrogen and oxygen atoms in total. The number of carbonyl (C=O) groups excluding carboxylic acids is 1. The van der Waals surface area contributed by atoms with Crippen LogP contribution in [0.3, 0.4) is 0 Å². The van der Waals surface area contributed by atoms with Gasteiger partial charge in [-0.2, -0.15) is 5.26 Å². The Morgan fingerprint density at radius 1 is 1.09 bits per heavy atom. The van der Waals surface area contributed by atoms with E-state index in [0.717, 1.165) is 5.56 Å². The SMILES string of the molecule is N#C/C(=C\c1ccc(OCc2ccc([N+](=O)[O-])cc2)c(Cl)c1)C(=O)Nc1ccccc1Cl. The first-order valence-electron chi connectivity index (χ1n) is 9.20. The second kappa shape index (κ2) is 10.4. The van der Waals surface area contributed by atoms with Crippen molar-refractivity contribution in [2.75, 3.05) is 5.32 Å². The van der Waals surface area contributed by atoms with Gasteiger partial charge in [0.25, 0.3) is 11.6 Å². The van der Waals surface area contributed by atoms with Crippen LogP contribution in [0, 0.1) is 21.4 Å². The molecule has 0 bridgehead atoms. The van der Waals surface area contributed by atoms with Gasteiger partial charge in [0, 0.05) is 12.1 Å². The average molecular weight is 468 g/mol. The number of nitro groups is 1. The molecule has 0 aliphatic rings. The third-order valence-electron chi connectivity index (χ3n) is 4.30. The number of benzene rings is 3. The maximum absolute atomic E-state index is 12.4. The van der Waals surface area contributed by atoms with Crippen LogP contribution in [-0.2, 0) is 11.4 Å². The van der Waals surface area contributed by atoms with Crippen molar-refractivity contribution < 1.29 is 14.5 Å². The lowest BCUT2D eigenvalue weighted by Crippen LogP contribution is -2.13. The second-order valence-corrected chi connectivity index (χ2v) is 7.32. The summed E-state index contributed by atoms with van der Waals surface area (Å²) < 4.78 is 5.67. The fourth-order valence-electron chi connectivity index (χ4n) is 2.67. The first kappa shape index (κ1) is 22.8. The van der Waals surface area contributed by atoms with Crippen molar-refractivity contribution in [1.29, 1.82) is 5.26 Å². The number of rotatable bonds is 7. The molecule has 32 heavy (non-hydrogen) atoms. The van der Waals surface area contributed by atoms with Crippen LogP contribution >= 0.6 is 23.2 Å². The lowest BCUT2D eigenvalue weighted by molar-refractivity contribution is -0.384. The lowest BCUT2D eigenvalue weighted by Gasteiger charge is -2.09. The van der Waals surface area contributed by atoms with Gasteiger partial charge in [0.2, 0.25) is 0 Å². The summed E-state index contributed by atoms with van der Waals surface area (Å²) in [5.41, 5.74) is 1.53. The van der Waals surface area contributed by atoms with Gasteiger partial charge in [0.05, 0.1) is 20.7 Å². The van der Waals surface area contributed by atoms with E-state index in [9.17, 15) is 20.2 Å². The number of nitro benzene ring substituents is 1. The van der Waals surface area contributed by atoms with E-state index in [1.807, 2.05) is 6.07 Å². The summed E-state index contributed by atoms with van der Waals surface area (Å²) in [7, 11) is 0. The quantitative estimate of drug-likeness (QED) is 0.197. The molecule has 0 saturated carbocycles. The van der Waals surface area contributed by atoms with Crippen LogP contribution in [0.5, 0.6) is 5.75 Å². The smallest absolute Gasteiger partial charge is 0.269 e. The Balaban J connectivity index is 1.69. The fourth-order valence-corrected chi connectivity index (χ4v) is 3.09. The van der Waals surface area contributed by atoms with Crippen molar-refractivity contribution in [2.24, 2.45) is 0 Å². The third kappa shape index (κ3) is 5.85. The molecule has 3 aromatic carbocycles. The van der Waals surface area contributed by atoms with Gasteiger partial charge in [-0.15, -0.1) is 0 Å². The number of nitrogens with one attached hydrogen (secondary N) is 1. The monoisotopic (exact) mass is 467 g/mol. The highest BCUT2D eigenvalue weighted by molar-refractivity contribution is 6.34. The average Bonchev–Trinajstić information content (AvgIpc) is 2.78. The number of non-ortho nitro benzene ring substituents is 1. The maximum Gasteiger partial charge on any atom is 0.269 e. The molecule has 0 unspecified atom stereocenters. The molecule has 1 N–H and O–H groups in total. The van der Waals surface area contributed by atoms with E-state index in [4.69, 9.17) is 27.9 Å². The van der Waals surface area contributed by atoms with Crippen LogP contribution < -0.4 is 10.1 Å². The molecule has 0 saturated heterocycles. The Labute approximate surface area is 193 Å². The van der Waals surface area contributed by atoms with Gasteiger partial charge >= 0.3 is 0 Å². The van der Waals surface area contributed by atoms with E-state index in [-0.39, 0.29) is 22.9 Å². The first-order valence-corrected chi connectivity index (χ1v) is 9.96. The van der Waals surface area contributed by atoms with Gasteiger partial charge in [-0.25, -0.2) is 0 Å². The highest BCUT2D eigenvalue weighted by Crippen LogP contribution is 2.28. The van der Waals surface area contributed by atoms with Gasteiger partial charge in [-0.3, -0.25) is 14.9 Å². The van der Waals surface area contributed by atoms with Crippen molar-refractivity contribution in [3.05, 3.63) is 104 Å². The summed E-state index contributed by atoms with van der Waals surface area (Å²) in [6, 6.07) is 19.4. The third-order valence-corrected chi connectivity index (χ3v) is 4.92. The Kier molecular flexibility index (Phi) is 7.45. The summed E-state index contributed by atoms with van der Waals surface area (Å²) in [6.07, 6.45) is 1.40. The fraction of sp³-hybridized carbons (Fsp3) is 0.0435. The van der Waals surface area contributed by atoms with Crippen molar-refractivity contribution in [2.45, 2.75) is 6.61 Å². The Morgan fingerprint density at radius 3 is 2.44 bits per heavy atom. The molecular formula is C23H15Cl2N3O4. The molecule has 9 heteroatoms. The maximum atomic E-state index is 12.4. The molecule has 0 aliphatic carbocycles. The standard InChI is InChI=1S/C23H15Cl2N3O4/c24-19-3-1-2-4-21(19)27-23(29)17(13-26)11-16-7-10-22(20(25)12-16)32-14-15-5-8-18(9-6-15)28(30)31/h1-12H,14H2,(H,27,29)/b17-11+. The van der Waals surface area contributed by atoms with Gasteiger partial charge < -0.3 is 10.1 Å². The zero-order valence-corrected chi connectivity index (χ0v) is 17.9. The zero-order chi connectivity index (χ0) is 23.1. The normalized spacial score (nSPS) is 10.8. The number of ether oxygens (including phenoxy) is 1. The largest absolute Gasteiger partial charge is 0.487 e. The molecule has 160 valence electrons. The molecule has 0 aliphatic heterocycles. The van der Waals surface area contributed by atoms with Crippen LogP contribution in [0.1, 0.15) is 11.1 Å². The number of hydrogen-bond acceptors (Lipinski definition) is 5. The summed E-state index contributed by atoms with van der Waals surface area (Å²) in [4.78, 5) is 22.7. The van der Waals surface area contributed by atoms with Gasteiger partial charge in [0.1, 0.15) is 24.0 Å². The van der Waals surface area contributed by atoms with Gasteiger partial charge in [-0.05, 0) is 53.6 Å². The highest BCUT2D eigenvalue weighted by Gasteiger charge is 2.12. The van der Waals surface area contributed by atoms with Crippen molar-refractivity contribution in [1.82, 2.24) is 0 Å². The molecule has 0 spiro atoms.